The van der Waals surface area contributed by atoms with Crippen LogP contribution in [-0.4, -0.2) is 29.6 Å². The number of aliphatic hydroxyl groups is 1. The largest absolute Gasteiger partial charge is 0.463 e. The van der Waals surface area contributed by atoms with Crippen LogP contribution in [0.15, 0.2) is 48.6 Å². The molecule has 144 valence electrons. The Morgan fingerprint density at radius 2 is 2.08 bits per heavy atom. The Labute approximate surface area is 157 Å². The van der Waals surface area contributed by atoms with Gasteiger partial charge in [-0.1, -0.05) is 62.6 Å². The van der Waals surface area contributed by atoms with Crippen LogP contribution in [0.4, 0.5) is 0 Å². The van der Waals surface area contributed by atoms with Gasteiger partial charge in [0.05, 0.1) is 12.7 Å². The van der Waals surface area contributed by atoms with Crippen molar-refractivity contribution in [1.29, 1.82) is 0 Å². The average molecular weight is 360 g/mol. The second kappa shape index (κ2) is 13.3. The Hall–Kier alpha value is -1.94. The molecular weight excluding hydrogens is 328 g/mol. The second-order valence-corrected chi connectivity index (χ2v) is 6.50. The number of esters is 1. The summed E-state index contributed by atoms with van der Waals surface area (Å²) in [5.41, 5.74) is 0. The fraction of sp³-hybridized carbons (Fsp3) is 0.545. The number of ketones is 1. The molecule has 0 radical (unpaired) electrons. The van der Waals surface area contributed by atoms with E-state index < -0.39 is 6.10 Å². The van der Waals surface area contributed by atoms with Crippen molar-refractivity contribution in [3.63, 3.8) is 0 Å². The predicted molar refractivity (Wildman–Crippen MR) is 105 cm³/mol. The molecule has 0 aromatic rings. The molecule has 1 rings (SSSR count). The van der Waals surface area contributed by atoms with Crippen LogP contribution in [0.25, 0.3) is 0 Å². The standard InChI is InChI=1S/C22H32O4/c1-3-5-8-12-19(23)15-16-20-18(14-17-21(20)24)11-9-6-7-10-13-22(25)26-4-2/h6,9-10,13-20,23H,3-5,7-8,11-12H2,1-2H3/b9-6-,13-10+,16-15+/t18-,19-,20+/m0/s1. The highest BCUT2D eigenvalue weighted by Gasteiger charge is 2.26. The molecule has 3 atom stereocenters. The quantitative estimate of drug-likeness (QED) is 0.244. The summed E-state index contributed by atoms with van der Waals surface area (Å²) < 4.78 is 4.81. The summed E-state index contributed by atoms with van der Waals surface area (Å²) in [6.45, 7) is 4.29. The van der Waals surface area contributed by atoms with E-state index in [1.165, 1.54) is 6.08 Å². The fourth-order valence-corrected chi connectivity index (χ4v) is 2.85. The van der Waals surface area contributed by atoms with Crippen LogP contribution in [0.2, 0.25) is 0 Å². The first-order chi connectivity index (χ1) is 12.6. The van der Waals surface area contributed by atoms with Gasteiger partial charge in [0.2, 0.25) is 0 Å². The third kappa shape index (κ3) is 8.95. The minimum Gasteiger partial charge on any atom is -0.463 e. The van der Waals surface area contributed by atoms with Crippen LogP contribution in [0.1, 0.15) is 52.4 Å². The summed E-state index contributed by atoms with van der Waals surface area (Å²) >= 11 is 0. The summed E-state index contributed by atoms with van der Waals surface area (Å²) in [4.78, 5) is 23.2. The molecule has 0 bridgehead atoms. The smallest absolute Gasteiger partial charge is 0.330 e. The number of aliphatic hydroxyl groups excluding tert-OH is 1. The van der Waals surface area contributed by atoms with Crippen LogP contribution >= 0.6 is 0 Å². The number of carbonyl (C=O) groups is 2. The summed E-state index contributed by atoms with van der Waals surface area (Å²) in [6.07, 6.45) is 19.3. The van der Waals surface area contributed by atoms with E-state index in [4.69, 9.17) is 4.74 Å². The molecule has 0 heterocycles. The van der Waals surface area contributed by atoms with Crippen LogP contribution in [0, 0.1) is 11.8 Å². The Morgan fingerprint density at radius 3 is 2.81 bits per heavy atom. The van der Waals surface area contributed by atoms with Crippen molar-refractivity contribution in [1.82, 2.24) is 0 Å². The van der Waals surface area contributed by atoms with Crippen LogP contribution in [-0.2, 0) is 14.3 Å². The Kier molecular flexibility index (Phi) is 11.3. The molecule has 0 unspecified atom stereocenters. The summed E-state index contributed by atoms with van der Waals surface area (Å²) in [5.74, 6) is -0.280. The zero-order chi connectivity index (χ0) is 19.2. The van der Waals surface area contributed by atoms with E-state index in [1.54, 1.807) is 25.2 Å². The van der Waals surface area contributed by atoms with Gasteiger partial charge in [-0.05, 0) is 38.2 Å². The van der Waals surface area contributed by atoms with Crippen LogP contribution in [0.5, 0.6) is 0 Å². The van der Waals surface area contributed by atoms with Crippen molar-refractivity contribution in [2.75, 3.05) is 6.61 Å². The van der Waals surface area contributed by atoms with E-state index in [0.29, 0.717) is 13.0 Å². The van der Waals surface area contributed by atoms with Gasteiger partial charge in [-0.15, -0.1) is 0 Å². The van der Waals surface area contributed by atoms with Crippen molar-refractivity contribution >= 4 is 11.8 Å². The fourth-order valence-electron chi connectivity index (χ4n) is 2.85. The highest BCUT2D eigenvalue weighted by atomic mass is 16.5. The van der Waals surface area contributed by atoms with Crippen molar-refractivity contribution in [2.24, 2.45) is 11.8 Å². The van der Waals surface area contributed by atoms with Gasteiger partial charge in [0, 0.05) is 12.0 Å². The molecule has 26 heavy (non-hydrogen) atoms. The lowest BCUT2D eigenvalue weighted by atomic mass is 9.90. The third-order valence-electron chi connectivity index (χ3n) is 4.33. The maximum absolute atomic E-state index is 12.0. The molecule has 0 aliphatic heterocycles. The molecule has 0 saturated heterocycles. The highest BCUT2D eigenvalue weighted by molar-refractivity contribution is 5.95. The van der Waals surface area contributed by atoms with Gasteiger partial charge in [-0.3, -0.25) is 4.79 Å². The van der Waals surface area contributed by atoms with Gasteiger partial charge in [-0.2, -0.15) is 0 Å². The highest BCUT2D eigenvalue weighted by Crippen LogP contribution is 2.27. The van der Waals surface area contributed by atoms with E-state index >= 15 is 0 Å². The average Bonchev–Trinajstić information content (AvgIpc) is 2.96. The molecule has 1 aliphatic rings. The summed E-state index contributed by atoms with van der Waals surface area (Å²) in [6, 6.07) is 0. The van der Waals surface area contributed by atoms with E-state index in [0.717, 1.165) is 32.1 Å². The number of carbonyl (C=O) groups excluding carboxylic acids is 2. The number of allylic oxidation sites excluding steroid dienone is 6. The topological polar surface area (TPSA) is 63.6 Å². The van der Waals surface area contributed by atoms with Gasteiger partial charge in [0.25, 0.3) is 0 Å². The number of unbranched alkanes of at least 4 members (excludes halogenated alkanes) is 2. The van der Waals surface area contributed by atoms with Gasteiger partial charge in [0.15, 0.2) is 5.78 Å². The monoisotopic (exact) mass is 360 g/mol. The second-order valence-electron chi connectivity index (χ2n) is 6.50. The normalized spacial score (nSPS) is 21.4. The van der Waals surface area contributed by atoms with Crippen molar-refractivity contribution < 1.29 is 19.4 Å². The number of hydrogen-bond donors (Lipinski definition) is 1. The first-order valence-corrected chi connectivity index (χ1v) is 9.65. The molecule has 0 spiro atoms. The van der Waals surface area contributed by atoms with Crippen LogP contribution in [0.3, 0.4) is 0 Å². The molecule has 0 saturated carbocycles. The molecule has 1 N–H and O–H groups in total. The number of ether oxygens (including phenoxy) is 1. The zero-order valence-corrected chi connectivity index (χ0v) is 16.0. The van der Waals surface area contributed by atoms with E-state index in [-0.39, 0.29) is 23.6 Å². The lowest BCUT2D eigenvalue weighted by molar-refractivity contribution is -0.137. The molecule has 4 nitrogen and oxygen atoms in total. The number of rotatable bonds is 12. The lowest BCUT2D eigenvalue weighted by Crippen LogP contribution is -2.14. The molecular formula is C22H32O4. The van der Waals surface area contributed by atoms with E-state index in [9.17, 15) is 14.7 Å². The van der Waals surface area contributed by atoms with Gasteiger partial charge >= 0.3 is 5.97 Å². The first-order valence-electron chi connectivity index (χ1n) is 9.65. The molecule has 0 aromatic heterocycles. The Morgan fingerprint density at radius 1 is 1.27 bits per heavy atom. The first kappa shape index (κ1) is 22.1. The van der Waals surface area contributed by atoms with Gasteiger partial charge < -0.3 is 9.84 Å². The maximum atomic E-state index is 12.0. The van der Waals surface area contributed by atoms with Crippen molar-refractivity contribution in [2.45, 2.75) is 58.5 Å². The molecule has 1 aliphatic carbocycles. The number of hydrogen-bond acceptors (Lipinski definition) is 4. The predicted octanol–water partition coefficient (Wildman–Crippen LogP) is 4.31. The lowest BCUT2D eigenvalue weighted by Gasteiger charge is -2.13. The van der Waals surface area contributed by atoms with E-state index in [1.807, 2.05) is 24.3 Å². The van der Waals surface area contributed by atoms with Crippen molar-refractivity contribution in [3.8, 4) is 0 Å². The maximum Gasteiger partial charge on any atom is 0.330 e. The molecule has 0 amide bonds. The zero-order valence-electron chi connectivity index (χ0n) is 16.0. The summed E-state index contributed by atoms with van der Waals surface area (Å²) in [5, 5.41) is 9.99. The third-order valence-corrected chi connectivity index (χ3v) is 4.33. The van der Waals surface area contributed by atoms with Gasteiger partial charge in [0.1, 0.15) is 0 Å². The van der Waals surface area contributed by atoms with Crippen LogP contribution < -0.4 is 0 Å². The minimum atomic E-state index is -0.473. The van der Waals surface area contributed by atoms with E-state index in [2.05, 4.69) is 6.92 Å². The van der Waals surface area contributed by atoms with Crippen molar-refractivity contribution in [3.05, 3.63) is 48.6 Å². The Bertz CT molecular complexity index is 542. The summed E-state index contributed by atoms with van der Waals surface area (Å²) in [7, 11) is 0. The molecule has 4 heteroatoms. The Balaban J connectivity index is 2.40. The van der Waals surface area contributed by atoms with Gasteiger partial charge in [-0.25, -0.2) is 4.79 Å². The SMILES string of the molecule is CCCCC[C@H](O)/C=C/[C@H]1C(=O)C=C[C@@H]1C/C=C\C/C=C/C(=O)OCC. The molecule has 0 aromatic carbocycles. The molecule has 0 fully saturated rings. The minimum absolute atomic E-state index is 0.0996.